The standard InChI is InChI=1S/C13H14ClN3OS/c1-7-12(8(2)17(3)16-7)18-11-6-9(14)4-5-10(11)13(15)19/h4-6H,1-3H3,(H2,15,19). The van der Waals surface area contributed by atoms with Gasteiger partial charge in [0.2, 0.25) is 0 Å². The lowest BCUT2D eigenvalue weighted by Gasteiger charge is -2.11. The summed E-state index contributed by atoms with van der Waals surface area (Å²) in [6.07, 6.45) is 0. The highest BCUT2D eigenvalue weighted by atomic mass is 35.5. The molecule has 0 aliphatic rings. The normalized spacial score (nSPS) is 10.5. The molecule has 0 fully saturated rings. The molecular weight excluding hydrogens is 282 g/mol. The Balaban J connectivity index is 2.48. The number of nitrogens with zero attached hydrogens (tertiary/aromatic N) is 2. The van der Waals surface area contributed by atoms with Gasteiger partial charge in [0.25, 0.3) is 0 Å². The first-order chi connectivity index (χ1) is 8.90. The highest BCUT2D eigenvalue weighted by Crippen LogP contribution is 2.32. The highest BCUT2D eigenvalue weighted by Gasteiger charge is 2.15. The van der Waals surface area contributed by atoms with E-state index in [0.717, 1.165) is 11.4 Å². The quantitative estimate of drug-likeness (QED) is 0.884. The number of ether oxygens (including phenoxy) is 1. The fourth-order valence-electron chi connectivity index (χ4n) is 1.80. The van der Waals surface area contributed by atoms with Crippen LogP contribution in [0.2, 0.25) is 5.02 Å². The monoisotopic (exact) mass is 295 g/mol. The van der Waals surface area contributed by atoms with Gasteiger partial charge in [-0.25, -0.2) is 0 Å². The van der Waals surface area contributed by atoms with Crippen molar-refractivity contribution in [3.63, 3.8) is 0 Å². The van der Waals surface area contributed by atoms with E-state index >= 15 is 0 Å². The van der Waals surface area contributed by atoms with Crippen LogP contribution in [0, 0.1) is 13.8 Å². The Morgan fingerprint density at radius 1 is 1.42 bits per heavy atom. The maximum absolute atomic E-state index is 5.99. The smallest absolute Gasteiger partial charge is 0.171 e. The summed E-state index contributed by atoms with van der Waals surface area (Å²) in [6, 6.07) is 5.18. The molecule has 2 rings (SSSR count). The van der Waals surface area contributed by atoms with Crippen molar-refractivity contribution in [2.45, 2.75) is 13.8 Å². The fourth-order valence-corrected chi connectivity index (χ4v) is 2.13. The summed E-state index contributed by atoms with van der Waals surface area (Å²) in [5.41, 5.74) is 8.06. The summed E-state index contributed by atoms with van der Waals surface area (Å²) in [5.74, 6) is 1.24. The molecule has 0 bridgehead atoms. The van der Waals surface area contributed by atoms with E-state index in [2.05, 4.69) is 5.10 Å². The van der Waals surface area contributed by atoms with Crippen LogP contribution in [0.5, 0.6) is 11.5 Å². The van der Waals surface area contributed by atoms with Crippen molar-refractivity contribution in [3.05, 3.63) is 40.2 Å². The second-order valence-corrected chi connectivity index (χ2v) is 5.11. The summed E-state index contributed by atoms with van der Waals surface area (Å²) in [6.45, 7) is 3.81. The first kappa shape index (κ1) is 13.8. The predicted molar refractivity (Wildman–Crippen MR) is 80.1 cm³/mol. The van der Waals surface area contributed by atoms with E-state index in [1.54, 1.807) is 22.9 Å². The highest BCUT2D eigenvalue weighted by molar-refractivity contribution is 7.80. The van der Waals surface area contributed by atoms with E-state index in [1.807, 2.05) is 20.9 Å². The second kappa shape index (κ2) is 5.19. The molecule has 0 radical (unpaired) electrons. The van der Waals surface area contributed by atoms with Gasteiger partial charge in [-0.3, -0.25) is 4.68 Å². The number of nitrogens with two attached hydrogens (primary N) is 1. The molecule has 0 aliphatic carbocycles. The number of aromatic nitrogens is 2. The molecular formula is C13H14ClN3OS. The van der Waals surface area contributed by atoms with E-state index in [4.69, 9.17) is 34.3 Å². The van der Waals surface area contributed by atoms with E-state index in [1.165, 1.54) is 0 Å². The summed E-state index contributed by atoms with van der Waals surface area (Å²) in [7, 11) is 1.86. The van der Waals surface area contributed by atoms with Gasteiger partial charge in [-0.1, -0.05) is 23.8 Å². The third-order valence-electron chi connectivity index (χ3n) is 2.86. The van der Waals surface area contributed by atoms with E-state index < -0.39 is 0 Å². The lowest BCUT2D eigenvalue weighted by atomic mass is 10.2. The zero-order valence-electron chi connectivity index (χ0n) is 10.9. The number of thiocarbonyl (C=S) groups is 1. The number of hydrogen-bond donors (Lipinski definition) is 1. The Labute approximate surface area is 122 Å². The third kappa shape index (κ3) is 2.72. The molecule has 2 aromatic rings. The van der Waals surface area contributed by atoms with Crippen LogP contribution < -0.4 is 10.5 Å². The maximum Gasteiger partial charge on any atom is 0.171 e. The number of benzene rings is 1. The van der Waals surface area contributed by atoms with Gasteiger partial charge < -0.3 is 10.5 Å². The minimum Gasteiger partial charge on any atom is -0.453 e. The summed E-state index contributed by atoms with van der Waals surface area (Å²) in [5, 5.41) is 4.86. The van der Waals surface area contributed by atoms with Crippen LogP contribution in [-0.2, 0) is 7.05 Å². The third-order valence-corrected chi connectivity index (χ3v) is 3.32. The van der Waals surface area contributed by atoms with Crippen LogP contribution in [0.25, 0.3) is 0 Å². The molecule has 100 valence electrons. The minimum absolute atomic E-state index is 0.269. The van der Waals surface area contributed by atoms with Crippen LogP contribution in [0.1, 0.15) is 17.0 Å². The Kier molecular flexibility index (Phi) is 3.78. The van der Waals surface area contributed by atoms with Crippen molar-refractivity contribution >= 4 is 28.8 Å². The van der Waals surface area contributed by atoms with Gasteiger partial charge >= 0.3 is 0 Å². The molecule has 2 N–H and O–H groups in total. The molecule has 1 heterocycles. The van der Waals surface area contributed by atoms with Crippen LogP contribution in [0.3, 0.4) is 0 Å². The SMILES string of the molecule is Cc1nn(C)c(C)c1Oc1cc(Cl)ccc1C(N)=S. The molecule has 0 aliphatic heterocycles. The van der Waals surface area contributed by atoms with Crippen LogP contribution in [0.4, 0.5) is 0 Å². The Hall–Kier alpha value is -1.59. The molecule has 4 nitrogen and oxygen atoms in total. The van der Waals surface area contributed by atoms with Crippen LogP contribution in [-0.4, -0.2) is 14.8 Å². The zero-order chi connectivity index (χ0) is 14.2. The van der Waals surface area contributed by atoms with Gasteiger partial charge in [-0.05, 0) is 26.0 Å². The van der Waals surface area contributed by atoms with Crippen molar-refractivity contribution < 1.29 is 4.74 Å². The zero-order valence-corrected chi connectivity index (χ0v) is 12.5. The Bertz CT molecular complexity index is 652. The summed E-state index contributed by atoms with van der Waals surface area (Å²) >= 11 is 11.0. The van der Waals surface area contributed by atoms with Gasteiger partial charge in [0, 0.05) is 18.1 Å². The molecule has 1 aromatic heterocycles. The first-order valence-electron chi connectivity index (χ1n) is 5.67. The minimum atomic E-state index is 0.269. The van der Waals surface area contributed by atoms with Crippen LogP contribution >= 0.6 is 23.8 Å². The summed E-state index contributed by atoms with van der Waals surface area (Å²) in [4.78, 5) is 0.269. The van der Waals surface area contributed by atoms with Crippen LogP contribution in [0.15, 0.2) is 18.2 Å². The van der Waals surface area contributed by atoms with Gasteiger partial charge in [-0.15, -0.1) is 0 Å². The molecule has 0 unspecified atom stereocenters. The van der Waals surface area contributed by atoms with Gasteiger partial charge in [-0.2, -0.15) is 5.10 Å². The number of halogens is 1. The molecule has 6 heteroatoms. The lowest BCUT2D eigenvalue weighted by molar-refractivity contribution is 0.473. The average molecular weight is 296 g/mol. The topological polar surface area (TPSA) is 53.1 Å². The van der Waals surface area contributed by atoms with Crippen molar-refractivity contribution in [1.29, 1.82) is 0 Å². The largest absolute Gasteiger partial charge is 0.453 e. The number of hydrogen-bond acceptors (Lipinski definition) is 3. The van der Waals surface area contributed by atoms with Gasteiger partial charge in [0.15, 0.2) is 5.75 Å². The molecule has 1 aromatic carbocycles. The maximum atomic E-state index is 5.99. The number of aryl methyl sites for hydroxylation is 2. The average Bonchev–Trinajstić information content (AvgIpc) is 2.56. The lowest BCUT2D eigenvalue weighted by Crippen LogP contribution is -2.10. The Morgan fingerprint density at radius 3 is 2.63 bits per heavy atom. The van der Waals surface area contributed by atoms with E-state index in [0.29, 0.717) is 22.1 Å². The van der Waals surface area contributed by atoms with Crippen molar-refractivity contribution in [2.24, 2.45) is 12.8 Å². The molecule has 0 spiro atoms. The van der Waals surface area contributed by atoms with Crippen molar-refractivity contribution in [2.75, 3.05) is 0 Å². The van der Waals surface area contributed by atoms with Crippen molar-refractivity contribution in [1.82, 2.24) is 9.78 Å². The molecule has 0 amide bonds. The second-order valence-electron chi connectivity index (χ2n) is 4.23. The molecule has 19 heavy (non-hydrogen) atoms. The molecule has 0 atom stereocenters. The summed E-state index contributed by atoms with van der Waals surface area (Å²) < 4.78 is 7.66. The first-order valence-corrected chi connectivity index (χ1v) is 6.46. The Morgan fingerprint density at radius 2 is 2.11 bits per heavy atom. The van der Waals surface area contributed by atoms with Gasteiger partial charge in [0.1, 0.15) is 16.4 Å². The number of rotatable bonds is 3. The van der Waals surface area contributed by atoms with Gasteiger partial charge in [0.05, 0.1) is 11.3 Å². The van der Waals surface area contributed by atoms with E-state index in [9.17, 15) is 0 Å². The fraction of sp³-hybridized carbons (Fsp3) is 0.231. The molecule has 0 saturated carbocycles. The predicted octanol–water partition coefficient (Wildman–Crippen LogP) is 3.12. The molecule has 0 saturated heterocycles. The van der Waals surface area contributed by atoms with E-state index in [-0.39, 0.29) is 4.99 Å². The van der Waals surface area contributed by atoms with Crippen molar-refractivity contribution in [3.8, 4) is 11.5 Å².